The van der Waals surface area contributed by atoms with Gasteiger partial charge in [0.05, 0.1) is 25.2 Å². The van der Waals surface area contributed by atoms with E-state index >= 15 is 0 Å². The summed E-state index contributed by atoms with van der Waals surface area (Å²) >= 11 is 0. The van der Waals surface area contributed by atoms with Crippen LogP contribution < -0.4 is 0 Å². The van der Waals surface area contributed by atoms with Gasteiger partial charge in [0.1, 0.15) is 0 Å². The lowest BCUT2D eigenvalue weighted by Crippen LogP contribution is -2.59. The fraction of sp³-hybridized carbons (Fsp3) is 0.905. The Bertz CT molecular complexity index is 558. The summed E-state index contributed by atoms with van der Waals surface area (Å²) in [6.45, 7) is 6.45. The molecule has 6 rings (SSSR count). The number of morpholine rings is 1. The van der Waals surface area contributed by atoms with Crippen LogP contribution in [0.25, 0.3) is 0 Å². The van der Waals surface area contributed by atoms with E-state index < -0.39 is 0 Å². The molecule has 4 bridgehead atoms. The molecule has 6 nitrogen and oxygen atoms in total. The van der Waals surface area contributed by atoms with Gasteiger partial charge in [0.15, 0.2) is 0 Å². The Balaban J connectivity index is 1.16. The van der Waals surface area contributed by atoms with E-state index in [-0.39, 0.29) is 11.3 Å². The molecule has 6 fully saturated rings. The summed E-state index contributed by atoms with van der Waals surface area (Å²) in [7, 11) is 0. The highest BCUT2D eigenvalue weighted by molar-refractivity contribution is 5.84. The molecule has 0 aromatic heterocycles. The van der Waals surface area contributed by atoms with E-state index in [0.717, 1.165) is 76.4 Å². The second kappa shape index (κ2) is 7.03. The number of ether oxygens (including phenoxy) is 1. The molecule has 0 N–H and O–H groups in total. The van der Waals surface area contributed by atoms with E-state index in [1.807, 2.05) is 4.90 Å². The largest absolute Gasteiger partial charge is 0.379 e. The van der Waals surface area contributed by atoms with E-state index in [2.05, 4.69) is 9.80 Å². The van der Waals surface area contributed by atoms with Gasteiger partial charge in [0, 0.05) is 39.3 Å². The number of piperazine rings is 1. The number of nitrogens with zero attached hydrogens (tertiary/aromatic N) is 3. The highest BCUT2D eigenvalue weighted by atomic mass is 16.5. The molecule has 2 amide bonds. The molecule has 2 aliphatic heterocycles. The van der Waals surface area contributed by atoms with Gasteiger partial charge >= 0.3 is 0 Å². The zero-order valence-electron chi connectivity index (χ0n) is 16.4. The van der Waals surface area contributed by atoms with Crippen LogP contribution in [-0.4, -0.2) is 85.5 Å². The first-order valence-corrected chi connectivity index (χ1v) is 11.0. The van der Waals surface area contributed by atoms with Crippen molar-refractivity contribution in [2.75, 3.05) is 59.0 Å². The predicted octanol–water partition coefficient (Wildman–Crippen LogP) is 1.21. The van der Waals surface area contributed by atoms with Crippen molar-refractivity contribution in [3.63, 3.8) is 0 Å². The summed E-state index contributed by atoms with van der Waals surface area (Å²) in [6.07, 6.45) is 7.51. The maximum Gasteiger partial charge on any atom is 0.236 e. The number of hydrogen-bond donors (Lipinski definition) is 0. The summed E-state index contributed by atoms with van der Waals surface area (Å²) in [6, 6.07) is 0. The molecule has 4 aliphatic carbocycles. The highest BCUT2D eigenvalue weighted by Crippen LogP contribution is 2.60. The normalized spacial score (nSPS) is 39.0. The van der Waals surface area contributed by atoms with E-state index in [9.17, 15) is 9.59 Å². The van der Waals surface area contributed by atoms with Gasteiger partial charge in [-0.25, -0.2) is 0 Å². The van der Waals surface area contributed by atoms with Crippen LogP contribution in [0.4, 0.5) is 0 Å². The topological polar surface area (TPSA) is 53.1 Å². The fourth-order valence-electron chi connectivity index (χ4n) is 6.92. The van der Waals surface area contributed by atoms with Crippen LogP contribution in [0.2, 0.25) is 0 Å². The van der Waals surface area contributed by atoms with Crippen molar-refractivity contribution in [3.8, 4) is 0 Å². The third kappa shape index (κ3) is 3.39. The monoisotopic (exact) mass is 375 g/mol. The first kappa shape index (κ1) is 17.9. The lowest BCUT2D eigenvalue weighted by atomic mass is 9.49. The fourth-order valence-corrected chi connectivity index (χ4v) is 6.92. The van der Waals surface area contributed by atoms with Gasteiger partial charge in [-0.1, -0.05) is 0 Å². The molecular formula is C21H33N3O3. The molecule has 0 spiro atoms. The van der Waals surface area contributed by atoms with Crippen molar-refractivity contribution in [2.24, 2.45) is 23.2 Å². The van der Waals surface area contributed by atoms with Crippen LogP contribution in [-0.2, 0) is 14.3 Å². The highest BCUT2D eigenvalue weighted by Gasteiger charge is 2.55. The first-order chi connectivity index (χ1) is 13.1. The van der Waals surface area contributed by atoms with Crippen molar-refractivity contribution in [3.05, 3.63) is 0 Å². The Labute approximate surface area is 162 Å². The van der Waals surface area contributed by atoms with Gasteiger partial charge in [-0.15, -0.1) is 0 Å². The maximum absolute atomic E-state index is 13.4. The average Bonchev–Trinajstić information content (AvgIpc) is 2.67. The van der Waals surface area contributed by atoms with Crippen molar-refractivity contribution < 1.29 is 14.3 Å². The van der Waals surface area contributed by atoms with Gasteiger partial charge in [-0.3, -0.25) is 14.5 Å². The molecule has 0 radical (unpaired) electrons. The third-order valence-corrected chi connectivity index (χ3v) is 7.87. The molecule has 6 aliphatic rings. The van der Waals surface area contributed by atoms with Crippen LogP contribution in [0.15, 0.2) is 0 Å². The SMILES string of the molecule is O=C(CN1CCOCC1)N1CCN(C(=O)C23CC4CC(CC(C4)C2)C3)CC1. The number of rotatable bonds is 3. The van der Waals surface area contributed by atoms with E-state index in [4.69, 9.17) is 4.74 Å². The van der Waals surface area contributed by atoms with Crippen molar-refractivity contribution in [1.29, 1.82) is 0 Å². The Morgan fingerprint density at radius 1 is 0.778 bits per heavy atom. The zero-order chi connectivity index (χ0) is 18.4. The third-order valence-electron chi connectivity index (χ3n) is 7.87. The second-order valence-electron chi connectivity index (χ2n) is 9.76. The number of hydrogen-bond acceptors (Lipinski definition) is 4. The second-order valence-corrected chi connectivity index (χ2v) is 9.76. The molecule has 27 heavy (non-hydrogen) atoms. The lowest BCUT2D eigenvalue weighted by molar-refractivity contribution is -0.160. The van der Waals surface area contributed by atoms with Gasteiger partial charge in [0.25, 0.3) is 0 Å². The molecule has 150 valence electrons. The minimum Gasteiger partial charge on any atom is -0.379 e. The molecule has 4 saturated carbocycles. The molecule has 2 saturated heterocycles. The van der Waals surface area contributed by atoms with Crippen LogP contribution in [0.1, 0.15) is 38.5 Å². The van der Waals surface area contributed by atoms with Crippen molar-refractivity contribution in [2.45, 2.75) is 38.5 Å². The Morgan fingerprint density at radius 3 is 1.85 bits per heavy atom. The summed E-state index contributed by atoms with van der Waals surface area (Å²) in [5, 5.41) is 0. The molecule has 0 aromatic carbocycles. The van der Waals surface area contributed by atoms with Crippen molar-refractivity contribution in [1.82, 2.24) is 14.7 Å². The molecule has 0 atom stereocenters. The Morgan fingerprint density at radius 2 is 1.30 bits per heavy atom. The van der Waals surface area contributed by atoms with Crippen molar-refractivity contribution >= 4 is 11.8 Å². The lowest BCUT2D eigenvalue weighted by Gasteiger charge is -2.57. The number of amides is 2. The van der Waals surface area contributed by atoms with Crippen LogP contribution in [0, 0.1) is 23.2 Å². The molecule has 2 heterocycles. The summed E-state index contributed by atoms with van der Waals surface area (Å²) in [4.78, 5) is 32.3. The molecule has 6 heteroatoms. The van der Waals surface area contributed by atoms with Gasteiger partial charge in [-0.2, -0.15) is 0 Å². The summed E-state index contributed by atoms with van der Waals surface area (Å²) in [5.74, 6) is 3.03. The Hall–Kier alpha value is -1.14. The van der Waals surface area contributed by atoms with Crippen LogP contribution >= 0.6 is 0 Å². The van der Waals surface area contributed by atoms with Gasteiger partial charge in [0.2, 0.25) is 11.8 Å². The smallest absolute Gasteiger partial charge is 0.236 e. The van der Waals surface area contributed by atoms with Crippen LogP contribution in [0.5, 0.6) is 0 Å². The van der Waals surface area contributed by atoms with Crippen LogP contribution in [0.3, 0.4) is 0 Å². The van der Waals surface area contributed by atoms with E-state index in [1.54, 1.807) is 0 Å². The average molecular weight is 376 g/mol. The first-order valence-electron chi connectivity index (χ1n) is 11.0. The minimum absolute atomic E-state index is 0.0469. The zero-order valence-corrected chi connectivity index (χ0v) is 16.4. The number of carbonyl (C=O) groups excluding carboxylic acids is 2. The van der Waals surface area contributed by atoms with Gasteiger partial charge in [-0.05, 0) is 56.3 Å². The molecule has 0 aromatic rings. The quantitative estimate of drug-likeness (QED) is 0.744. The van der Waals surface area contributed by atoms with Gasteiger partial charge < -0.3 is 14.5 Å². The summed E-state index contributed by atoms with van der Waals surface area (Å²) in [5.41, 5.74) is -0.0469. The van der Waals surface area contributed by atoms with E-state index in [1.165, 1.54) is 19.3 Å². The number of carbonyl (C=O) groups is 2. The molecule has 0 unspecified atom stereocenters. The Kier molecular flexibility index (Phi) is 4.67. The summed E-state index contributed by atoms with van der Waals surface area (Å²) < 4.78 is 5.36. The minimum atomic E-state index is -0.0469. The standard InChI is InChI=1S/C21H33N3O3/c25-19(15-22-5-7-27-8-6-22)23-1-3-24(4-2-23)20(26)21-12-16-9-17(13-21)11-18(10-16)14-21/h16-18H,1-15H2. The van der Waals surface area contributed by atoms with E-state index in [0.29, 0.717) is 25.5 Å². The molecular weight excluding hydrogens is 342 g/mol. The maximum atomic E-state index is 13.4. The predicted molar refractivity (Wildman–Crippen MR) is 101 cm³/mol.